The van der Waals surface area contributed by atoms with Gasteiger partial charge in [-0.2, -0.15) is 5.26 Å². The zero-order valence-electron chi connectivity index (χ0n) is 11.0. The summed E-state index contributed by atoms with van der Waals surface area (Å²) in [7, 11) is 1.56. The molecule has 0 amide bonds. The highest BCUT2D eigenvalue weighted by Crippen LogP contribution is 2.44. The zero-order valence-corrected chi connectivity index (χ0v) is 11.0. The van der Waals surface area contributed by atoms with Gasteiger partial charge < -0.3 is 4.74 Å². The molecule has 18 heavy (non-hydrogen) atoms. The lowest BCUT2D eigenvalue weighted by atomic mass is 9.65. The van der Waals surface area contributed by atoms with Gasteiger partial charge in [0.15, 0.2) is 5.78 Å². The number of methoxy groups -OCH3 is 1. The van der Waals surface area contributed by atoms with Crippen LogP contribution < -0.4 is 4.74 Å². The molecule has 0 saturated heterocycles. The minimum absolute atomic E-state index is 0.0834. The summed E-state index contributed by atoms with van der Waals surface area (Å²) in [5, 5.41) is 9.26. The second kappa shape index (κ2) is 4.45. The highest BCUT2D eigenvalue weighted by molar-refractivity contribution is 6.05. The summed E-state index contributed by atoms with van der Waals surface area (Å²) in [5.41, 5.74) is 1.70. The lowest BCUT2D eigenvalue weighted by molar-refractivity contribution is 0.0745. The average Bonchev–Trinajstić information content (AvgIpc) is 2.27. The summed E-state index contributed by atoms with van der Waals surface area (Å²) in [6.45, 7) is 3.87. The second-order valence-corrected chi connectivity index (χ2v) is 5.04. The van der Waals surface area contributed by atoms with Crippen LogP contribution in [0, 0.1) is 30.6 Å². The molecular weight excluding hydrogens is 226 g/mol. The predicted molar refractivity (Wildman–Crippen MR) is 68.7 cm³/mol. The lowest BCUT2D eigenvalue weighted by Crippen LogP contribution is -2.36. The van der Waals surface area contributed by atoms with Crippen LogP contribution in [-0.4, -0.2) is 12.9 Å². The summed E-state index contributed by atoms with van der Waals surface area (Å²) in [4.78, 5) is 12.6. The molecular formula is C15H17NO2. The molecule has 0 N–H and O–H groups in total. The van der Waals surface area contributed by atoms with Crippen molar-refractivity contribution in [2.75, 3.05) is 7.11 Å². The molecule has 1 aromatic carbocycles. The number of ketones is 1. The number of aryl methyl sites for hydroxylation is 2. The Hall–Kier alpha value is -1.82. The zero-order chi connectivity index (χ0) is 13.3. The first-order chi connectivity index (χ1) is 8.54. The van der Waals surface area contributed by atoms with Crippen LogP contribution in [0.5, 0.6) is 5.75 Å². The molecule has 0 aromatic heterocycles. The van der Waals surface area contributed by atoms with E-state index in [1.54, 1.807) is 7.11 Å². The van der Waals surface area contributed by atoms with Gasteiger partial charge >= 0.3 is 0 Å². The van der Waals surface area contributed by atoms with E-state index in [1.165, 1.54) is 0 Å². The smallest absolute Gasteiger partial charge is 0.186 e. The molecule has 94 valence electrons. The van der Waals surface area contributed by atoms with Crippen LogP contribution in [0.3, 0.4) is 0 Å². The van der Waals surface area contributed by atoms with Gasteiger partial charge in [0.05, 0.1) is 18.7 Å². The Morgan fingerprint density at radius 1 is 1.39 bits per heavy atom. The van der Waals surface area contributed by atoms with E-state index in [1.807, 2.05) is 26.0 Å². The van der Waals surface area contributed by atoms with E-state index >= 15 is 0 Å². The summed E-state index contributed by atoms with van der Waals surface area (Å²) < 4.78 is 5.33. The van der Waals surface area contributed by atoms with E-state index in [9.17, 15) is 10.1 Å². The third-order valence-corrected chi connectivity index (χ3v) is 3.72. The Labute approximate surface area is 107 Å². The number of nitriles is 1. The normalized spacial score (nSPS) is 16.6. The van der Waals surface area contributed by atoms with Crippen molar-refractivity contribution < 1.29 is 9.53 Å². The van der Waals surface area contributed by atoms with E-state index in [0.717, 1.165) is 17.5 Å². The van der Waals surface area contributed by atoms with E-state index in [2.05, 4.69) is 6.07 Å². The van der Waals surface area contributed by atoms with E-state index in [0.29, 0.717) is 24.2 Å². The van der Waals surface area contributed by atoms with E-state index in [-0.39, 0.29) is 5.78 Å². The quantitative estimate of drug-likeness (QED) is 0.766. The van der Waals surface area contributed by atoms with Crippen LogP contribution in [0.2, 0.25) is 0 Å². The van der Waals surface area contributed by atoms with Crippen molar-refractivity contribution >= 4 is 5.78 Å². The van der Waals surface area contributed by atoms with Crippen LogP contribution in [-0.2, 0) is 0 Å². The highest BCUT2D eigenvalue weighted by atomic mass is 16.5. The van der Waals surface area contributed by atoms with Crippen LogP contribution in [0.15, 0.2) is 12.1 Å². The van der Waals surface area contributed by atoms with Gasteiger partial charge in [0.2, 0.25) is 0 Å². The number of benzene rings is 1. The average molecular weight is 243 g/mol. The van der Waals surface area contributed by atoms with E-state index in [4.69, 9.17) is 4.74 Å². The molecule has 3 nitrogen and oxygen atoms in total. The van der Waals surface area contributed by atoms with Crippen molar-refractivity contribution in [1.29, 1.82) is 5.26 Å². The molecule has 0 heterocycles. The maximum Gasteiger partial charge on any atom is 0.186 e. The molecule has 1 aromatic rings. The molecule has 0 aliphatic heterocycles. The van der Waals surface area contributed by atoms with Gasteiger partial charge in [-0.3, -0.25) is 4.79 Å². The summed E-state index contributed by atoms with van der Waals surface area (Å²) in [6.07, 6.45) is 2.28. The third-order valence-electron chi connectivity index (χ3n) is 3.72. The molecule has 0 radical (unpaired) electrons. The van der Waals surface area contributed by atoms with Crippen molar-refractivity contribution in [2.45, 2.75) is 33.1 Å². The molecule has 1 aliphatic rings. The molecule has 0 unspecified atom stereocenters. The summed E-state index contributed by atoms with van der Waals surface area (Å²) >= 11 is 0. The monoisotopic (exact) mass is 243 g/mol. The third kappa shape index (κ3) is 1.78. The van der Waals surface area contributed by atoms with Crippen LogP contribution in [0.25, 0.3) is 0 Å². The van der Waals surface area contributed by atoms with Gasteiger partial charge in [0.1, 0.15) is 11.2 Å². The first-order valence-electron chi connectivity index (χ1n) is 6.15. The molecule has 2 rings (SSSR count). The fourth-order valence-electron chi connectivity index (χ4n) is 2.57. The Balaban J connectivity index is 2.51. The van der Waals surface area contributed by atoms with Gasteiger partial charge in [0.25, 0.3) is 0 Å². The highest BCUT2D eigenvalue weighted by Gasteiger charge is 2.45. The van der Waals surface area contributed by atoms with Crippen LogP contribution in [0.4, 0.5) is 0 Å². The maximum absolute atomic E-state index is 12.6. The standard InChI is InChI=1S/C15H17NO2/c1-10-7-11(2)13(18-3)12(8-10)14(17)15(9-16)5-4-6-15/h7-8H,4-6H2,1-3H3. The molecule has 0 atom stereocenters. The Kier molecular flexibility index (Phi) is 3.13. The van der Waals surface area contributed by atoms with Crippen molar-refractivity contribution in [1.82, 2.24) is 0 Å². The number of hydrogen-bond acceptors (Lipinski definition) is 3. The number of carbonyl (C=O) groups is 1. The van der Waals surface area contributed by atoms with Gasteiger partial charge in [-0.1, -0.05) is 6.07 Å². The van der Waals surface area contributed by atoms with Gasteiger partial charge in [-0.25, -0.2) is 0 Å². The van der Waals surface area contributed by atoms with Crippen molar-refractivity contribution in [3.05, 3.63) is 28.8 Å². The Morgan fingerprint density at radius 3 is 2.50 bits per heavy atom. The van der Waals surface area contributed by atoms with Crippen molar-refractivity contribution in [3.63, 3.8) is 0 Å². The lowest BCUT2D eigenvalue weighted by Gasteiger charge is -2.34. The summed E-state index contributed by atoms with van der Waals surface area (Å²) in [6, 6.07) is 6.00. The van der Waals surface area contributed by atoms with Crippen molar-refractivity contribution in [2.24, 2.45) is 5.41 Å². The fraction of sp³-hybridized carbons (Fsp3) is 0.467. The molecule has 1 fully saturated rings. The molecule has 1 saturated carbocycles. The number of hydrogen-bond donors (Lipinski definition) is 0. The molecule has 0 spiro atoms. The van der Waals surface area contributed by atoms with Crippen LogP contribution in [0.1, 0.15) is 40.7 Å². The Morgan fingerprint density at radius 2 is 2.06 bits per heavy atom. The second-order valence-electron chi connectivity index (χ2n) is 5.04. The van der Waals surface area contributed by atoms with Crippen molar-refractivity contribution in [3.8, 4) is 11.8 Å². The molecule has 1 aliphatic carbocycles. The van der Waals surface area contributed by atoms with Gasteiger partial charge in [-0.05, 0) is 50.3 Å². The van der Waals surface area contributed by atoms with Crippen LogP contribution >= 0.6 is 0 Å². The number of nitrogens with zero attached hydrogens (tertiary/aromatic N) is 1. The summed E-state index contributed by atoms with van der Waals surface area (Å²) in [5.74, 6) is 0.520. The van der Waals surface area contributed by atoms with Gasteiger partial charge in [0, 0.05) is 0 Å². The first kappa shape index (κ1) is 12.6. The Bertz CT molecular complexity index is 536. The predicted octanol–water partition coefficient (Wildman–Crippen LogP) is 3.19. The molecule has 0 bridgehead atoms. The maximum atomic E-state index is 12.6. The topological polar surface area (TPSA) is 50.1 Å². The SMILES string of the molecule is COc1c(C)cc(C)cc1C(=O)C1(C#N)CCC1. The number of Topliss-reactive ketones (excluding diaryl/α,β-unsaturated/α-hetero) is 1. The fourth-order valence-corrected chi connectivity index (χ4v) is 2.57. The number of rotatable bonds is 3. The van der Waals surface area contributed by atoms with Gasteiger partial charge in [-0.15, -0.1) is 0 Å². The van der Waals surface area contributed by atoms with E-state index < -0.39 is 5.41 Å². The minimum Gasteiger partial charge on any atom is -0.496 e. The first-order valence-corrected chi connectivity index (χ1v) is 6.15. The minimum atomic E-state index is -0.812. The number of ether oxygens (including phenoxy) is 1. The largest absolute Gasteiger partial charge is 0.496 e. The molecule has 3 heteroatoms. The number of carbonyl (C=O) groups excluding carboxylic acids is 1.